The predicted molar refractivity (Wildman–Crippen MR) is 84.7 cm³/mol. The highest BCUT2D eigenvalue weighted by Gasteiger charge is 2.38. The van der Waals surface area contributed by atoms with Crippen molar-refractivity contribution in [3.8, 4) is 0 Å². The van der Waals surface area contributed by atoms with Crippen LogP contribution in [0.5, 0.6) is 0 Å². The molecule has 0 saturated carbocycles. The van der Waals surface area contributed by atoms with Crippen molar-refractivity contribution in [2.75, 3.05) is 0 Å². The van der Waals surface area contributed by atoms with Crippen molar-refractivity contribution in [1.29, 1.82) is 0 Å². The topological polar surface area (TPSA) is 63.6 Å². The Labute approximate surface area is 134 Å². The van der Waals surface area contributed by atoms with E-state index in [9.17, 15) is 14.7 Å². The normalized spacial score (nSPS) is 19.7. The van der Waals surface area contributed by atoms with Crippen LogP contribution in [0.3, 0.4) is 0 Å². The van der Waals surface area contributed by atoms with Crippen LogP contribution in [0.15, 0.2) is 54.6 Å². The first-order valence-corrected chi connectivity index (χ1v) is 7.65. The summed E-state index contributed by atoms with van der Waals surface area (Å²) < 4.78 is 5.36. The second-order valence-electron chi connectivity index (χ2n) is 5.82. The molecule has 3 rings (SSSR count). The largest absolute Gasteiger partial charge is 0.481 e. The van der Waals surface area contributed by atoms with Crippen LogP contribution < -0.4 is 0 Å². The molecule has 118 valence electrons. The van der Waals surface area contributed by atoms with E-state index in [1.165, 1.54) is 0 Å². The number of carbonyl (C=O) groups is 2. The van der Waals surface area contributed by atoms with Crippen molar-refractivity contribution < 1.29 is 19.4 Å². The highest BCUT2D eigenvalue weighted by Crippen LogP contribution is 2.31. The zero-order valence-corrected chi connectivity index (χ0v) is 12.6. The maximum atomic E-state index is 12.4. The molecule has 0 spiro atoms. The summed E-state index contributed by atoms with van der Waals surface area (Å²) in [6.45, 7) is 0.171. The second-order valence-corrected chi connectivity index (χ2v) is 5.82. The number of aliphatic carboxylic acids is 1. The Morgan fingerprint density at radius 3 is 2.09 bits per heavy atom. The Morgan fingerprint density at radius 2 is 1.48 bits per heavy atom. The molecule has 4 heteroatoms. The van der Waals surface area contributed by atoms with E-state index < -0.39 is 23.8 Å². The minimum atomic E-state index is -0.943. The average molecular weight is 310 g/mol. The SMILES string of the molecule is O=C(O)[C@@H]1Cc2ccccc2C[C@H]1C(=O)OCc1ccccc1. The molecule has 0 aliphatic heterocycles. The van der Waals surface area contributed by atoms with Gasteiger partial charge in [0.05, 0.1) is 11.8 Å². The van der Waals surface area contributed by atoms with Gasteiger partial charge in [-0.2, -0.15) is 0 Å². The van der Waals surface area contributed by atoms with Crippen LogP contribution in [0.2, 0.25) is 0 Å². The van der Waals surface area contributed by atoms with Crippen molar-refractivity contribution in [1.82, 2.24) is 0 Å². The van der Waals surface area contributed by atoms with Crippen molar-refractivity contribution in [3.05, 3.63) is 71.3 Å². The molecule has 1 aliphatic rings. The number of rotatable bonds is 4. The lowest BCUT2D eigenvalue weighted by Gasteiger charge is -2.28. The van der Waals surface area contributed by atoms with Gasteiger partial charge in [0, 0.05) is 0 Å². The molecule has 0 bridgehead atoms. The number of carbonyl (C=O) groups excluding carboxylic acids is 1. The molecule has 1 N–H and O–H groups in total. The van der Waals surface area contributed by atoms with Crippen LogP contribution in [0.1, 0.15) is 16.7 Å². The van der Waals surface area contributed by atoms with E-state index in [2.05, 4.69) is 0 Å². The standard InChI is InChI=1S/C19H18O4/c20-18(21)16-10-14-8-4-5-9-15(14)11-17(16)19(22)23-12-13-6-2-1-3-7-13/h1-9,16-17H,10-12H2,(H,20,21)/t16-,17-/m1/s1. The van der Waals surface area contributed by atoms with Crippen molar-refractivity contribution in [3.63, 3.8) is 0 Å². The number of ether oxygens (including phenoxy) is 1. The molecule has 2 aromatic rings. The summed E-state index contributed by atoms with van der Waals surface area (Å²) in [6.07, 6.45) is 0.789. The second kappa shape index (κ2) is 6.65. The number of hydrogen-bond acceptors (Lipinski definition) is 3. The fraction of sp³-hybridized carbons (Fsp3) is 0.263. The number of hydrogen-bond donors (Lipinski definition) is 1. The van der Waals surface area contributed by atoms with Crippen LogP contribution in [0.4, 0.5) is 0 Å². The Morgan fingerprint density at radius 1 is 0.913 bits per heavy atom. The van der Waals surface area contributed by atoms with Gasteiger partial charge in [0.1, 0.15) is 6.61 Å². The van der Waals surface area contributed by atoms with E-state index in [1.54, 1.807) is 0 Å². The summed E-state index contributed by atoms with van der Waals surface area (Å²) in [6, 6.07) is 17.1. The first-order valence-electron chi connectivity index (χ1n) is 7.65. The minimum absolute atomic E-state index is 0.171. The van der Waals surface area contributed by atoms with E-state index in [0.717, 1.165) is 16.7 Å². The zero-order chi connectivity index (χ0) is 16.2. The molecule has 0 heterocycles. The molecule has 0 unspecified atom stereocenters. The fourth-order valence-electron chi connectivity index (χ4n) is 3.06. The van der Waals surface area contributed by atoms with E-state index >= 15 is 0 Å². The third-order valence-corrected chi connectivity index (χ3v) is 4.33. The smallest absolute Gasteiger partial charge is 0.310 e. The molecular formula is C19H18O4. The zero-order valence-electron chi connectivity index (χ0n) is 12.6. The molecular weight excluding hydrogens is 292 g/mol. The van der Waals surface area contributed by atoms with Gasteiger partial charge < -0.3 is 9.84 Å². The number of esters is 1. The molecule has 2 atom stereocenters. The van der Waals surface area contributed by atoms with Crippen LogP contribution >= 0.6 is 0 Å². The molecule has 1 aliphatic carbocycles. The van der Waals surface area contributed by atoms with E-state index in [-0.39, 0.29) is 6.61 Å². The van der Waals surface area contributed by atoms with Gasteiger partial charge in [-0.3, -0.25) is 9.59 Å². The lowest BCUT2D eigenvalue weighted by molar-refractivity contribution is -0.159. The fourth-order valence-corrected chi connectivity index (χ4v) is 3.06. The highest BCUT2D eigenvalue weighted by molar-refractivity contribution is 5.82. The van der Waals surface area contributed by atoms with Gasteiger partial charge in [0.15, 0.2) is 0 Å². The molecule has 2 aromatic carbocycles. The van der Waals surface area contributed by atoms with Crippen molar-refractivity contribution in [2.45, 2.75) is 19.4 Å². The number of carboxylic acid groups (broad SMARTS) is 1. The van der Waals surface area contributed by atoms with Crippen LogP contribution in [-0.2, 0) is 33.8 Å². The number of fused-ring (bicyclic) bond motifs is 1. The molecule has 0 saturated heterocycles. The van der Waals surface area contributed by atoms with Gasteiger partial charge in [-0.05, 0) is 29.5 Å². The molecule has 4 nitrogen and oxygen atoms in total. The van der Waals surface area contributed by atoms with Crippen molar-refractivity contribution >= 4 is 11.9 Å². The molecule has 0 radical (unpaired) electrons. The van der Waals surface area contributed by atoms with E-state index in [4.69, 9.17) is 4.74 Å². The van der Waals surface area contributed by atoms with Gasteiger partial charge in [0.2, 0.25) is 0 Å². The van der Waals surface area contributed by atoms with Gasteiger partial charge in [0.25, 0.3) is 0 Å². The average Bonchev–Trinajstić information content (AvgIpc) is 2.59. The van der Waals surface area contributed by atoms with E-state index in [0.29, 0.717) is 12.8 Å². The lowest BCUT2D eigenvalue weighted by Crippen LogP contribution is -2.37. The Bertz CT molecular complexity index is 708. The number of benzene rings is 2. The highest BCUT2D eigenvalue weighted by atomic mass is 16.5. The van der Waals surface area contributed by atoms with Crippen LogP contribution in [0.25, 0.3) is 0 Å². The minimum Gasteiger partial charge on any atom is -0.481 e. The predicted octanol–water partition coefficient (Wildman–Crippen LogP) is 2.85. The summed E-state index contributed by atoms with van der Waals surface area (Å²) in [7, 11) is 0. The van der Waals surface area contributed by atoms with Gasteiger partial charge in [-0.15, -0.1) is 0 Å². The monoisotopic (exact) mass is 310 g/mol. The first kappa shape index (κ1) is 15.3. The summed E-state index contributed by atoms with van der Waals surface area (Å²) in [5, 5.41) is 9.46. The van der Waals surface area contributed by atoms with E-state index in [1.807, 2.05) is 54.6 Å². The first-order chi connectivity index (χ1) is 11.1. The summed E-state index contributed by atoms with van der Waals surface area (Å²) in [5.41, 5.74) is 2.93. The maximum absolute atomic E-state index is 12.4. The maximum Gasteiger partial charge on any atom is 0.310 e. The lowest BCUT2D eigenvalue weighted by atomic mass is 9.76. The van der Waals surface area contributed by atoms with Gasteiger partial charge >= 0.3 is 11.9 Å². The third kappa shape index (κ3) is 3.42. The molecule has 0 amide bonds. The Kier molecular flexibility index (Phi) is 4.42. The third-order valence-electron chi connectivity index (χ3n) is 4.33. The Hall–Kier alpha value is -2.62. The number of carboxylic acids is 1. The van der Waals surface area contributed by atoms with Crippen LogP contribution in [-0.4, -0.2) is 17.0 Å². The quantitative estimate of drug-likeness (QED) is 0.882. The Balaban J connectivity index is 1.74. The molecule has 0 fully saturated rings. The molecule has 23 heavy (non-hydrogen) atoms. The summed E-state index contributed by atoms with van der Waals surface area (Å²) in [5.74, 6) is -2.74. The summed E-state index contributed by atoms with van der Waals surface area (Å²) in [4.78, 5) is 24.0. The van der Waals surface area contributed by atoms with Gasteiger partial charge in [-0.25, -0.2) is 0 Å². The van der Waals surface area contributed by atoms with Gasteiger partial charge in [-0.1, -0.05) is 54.6 Å². The molecule has 0 aromatic heterocycles. The van der Waals surface area contributed by atoms with Crippen molar-refractivity contribution in [2.24, 2.45) is 11.8 Å². The summed E-state index contributed by atoms with van der Waals surface area (Å²) >= 11 is 0. The van der Waals surface area contributed by atoms with Crippen LogP contribution in [0, 0.1) is 11.8 Å².